The van der Waals surface area contributed by atoms with Gasteiger partial charge in [-0.25, -0.2) is 0 Å². The molecule has 1 aliphatic heterocycles. The molecule has 1 heterocycles. The van der Waals surface area contributed by atoms with E-state index >= 15 is 0 Å². The Morgan fingerprint density at radius 1 is 1.31 bits per heavy atom. The molecule has 0 aliphatic carbocycles. The van der Waals surface area contributed by atoms with E-state index in [1.54, 1.807) is 0 Å². The van der Waals surface area contributed by atoms with E-state index in [0.29, 0.717) is 6.42 Å². The highest BCUT2D eigenvalue weighted by atomic mass is 16.5. The van der Waals surface area contributed by atoms with Gasteiger partial charge < -0.3 is 9.84 Å². The van der Waals surface area contributed by atoms with Gasteiger partial charge in [-0.1, -0.05) is 18.2 Å². The number of para-hydroxylation sites is 1. The second-order valence-corrected chi connectivity index (χ2v) is 3.06. The fourth-order valence-electron chi connectivity index (χ4n) is 1.44. The molecule has 0 radical (unpaired) electrons. The summed E-state index contributed by atoms with van der Waals surface area (Å²) in [6.45, 7) is 0.147. The Hall–Kier alpha value is -1.28. The van der Waals surface area contributed by atoms with Crippen LogP contribution in [0, 0.1) is 0 Å². The third kappa shape index (κ3) is 1.73. The Morgan fingerprint density at radius 3 is 3.00 bits per heavy atom. The van der Waals surface area contributed by atoms with Crippen molar-refractivity contribution in [1.82, 2.24) is 0 Å². The Bertz CT molecular complexity index is 329. The van der Waals surface area contributed by atoms with Crippen LogP contribution in [0.5, 0.6) is 5.75 Å². The zero-order chi connectivity index (χ0) is 9.10. The van der Waals surface area contributed by atoms with Gasteiger partial charge in [0.05, 0.1) is 6.61 Å². The van der Waals surface area contributed by atoms with Gasteiger partial charge in [-0.3, -0.25) is 0 Å². The number of rotatable bonds is 2. The predicted octanol–water partition coefficient (Wildman–Crippen LogP) is 1.89. The highest BCUT2D eigenvalue weighted by Gasteiger charge is 2.10. The Labute approximate surface area is 77.5 Å². The van der Waals surface area contributed by atoms with Crippen molar-refractivity contribution in [3.8, 4) is 5.75 Å². The van der Waals surface area contributed by atoms with E-state index in [1.807, 2.05) is 24.3 Å². The van der Waals surface area contributed by atoms with Gasteiger partial charge in [0.15, 0.2) is 0 Å². The highest BCUT2D eigenvalue weighted by molar-refractivity contribution is 5.38. The Morgan fingerprint density at radius 2 is 2.15 bits per heavy atom. The first kappa shape index (κ1) is 8.32. The van der Waals surface area contributed by atoms with Crippen molar-refractivity contribution in [2.24, 2.45) is 0 Å². The summed E-state index contributed by atoms with van der Waals surface area (Å²) in [4.78, 5) is 0. The van der Waals surface area contributed by atoms with Crippen molar-refractivity contribution < 1.29 is 9.84 Å². The number of aliphatic hydroxyl groups excluding tert-OH is 1. The molecular formula is C11H12O2. The summed E-state index contributed by atoms with van der Waals surface area (Å²) in [7, 11) is 0. The van der Waals surface area contributed by atoms with Gasteiger partial charge in [-0.2, -0.15) is 0 Å². The van der Waals surface area contributed by atoms with Gasteiger partial charge in [-0.05, 0) is 24.1 Å². The number of aliphatic hydroxyl groups is 1. The lowest BCUT2D eigenvalue weighted by atomic mass is 10.1. The van der Waals surface area contributed by atoms with Crippen molar-refractivity contribution >= 4 is 0 Å². The minimum absolute atomic E-state index is 0.147. The second kappa shape index (κ2) is 3.62. The number of benzene rings is 1. The molecule has 68 valence electrons. The van der Waals surface area contributed by atoms with Crippen LogP contribution in [0.25, 0.3) is 0 Å². The molecule has 0 bridgehead atoms. The quantitative estimate of drug-likeness (QED) is 0.745. The molecular weight excluding hydrogens is 164 g/mol. The first-order chi connectivity index (χ1) is 6.40. The molecule has 0 saturated carbocycles. The normalized spacial score (nSPS) is 14.4. The summed E-state index contributed by atoms with van der Waals surface area (Å²) in [5.41, 5.74) is 1.21. The van der Waals surface area contributed by atoms with E-state index in [2.05, 4.69) is 6.07 Å². The molecule has 0 saturated heterocycles. The lowest BCUT2D eigenvalue weighted by Crippen LogP contribution is -2.05. The molecule has 1 aromatic carbocycles. The second-order valence-electron chi connectivity index (χ2n) is 3.06. The van der Waals surface area contributed by atoms with Gasteiger partial charge >= 0.3 is 0 Å². The molecule has 0 fully saturated rings. The lowest BCUT2D eigenvalue weighted by Gasteiger charge is -2.17. The van der Waals surface area contributed by atoms with Crippen LogP contribution in [0.4, 0.5) is 0 Å². The van der Waals surface area contributed by atoms with Crippen molar-refractivity contribution in [1.29, 1.82) is 0 Å². The largest absolute Gasteiger partial charge is 0.462 e. The van der Waals surface area contributed by atoms with E-state index in [9.17, 15) is 0 Å². The lowest BCUT2D eigenvalue weighted by molar-refractivity contribution is 0.270. The molecule has 1 aliphatic rings. The van der Waals surface area contributed by atoms with Crippen molar-refractivity contribution in [3.05, 3.63) is 41.7 Å². The van der Waals surface area contributed by atoms with Crippen LogP contribution in [-0.4, -0.2) is 11.7 Å². The highest BCUT2D eigenvalue weighted by Crippen LogP contribution is 2.26. The van der Waals surface area contributed by atoms with Gasteiger partial charge in [0, 0.05) is 6.42 Å². The van der Waals surface area contributed by atoms with Crippen molar-refractivity contribution in [3.63, 3.8) is 0 Å². The monoisotopic (exact) mass is 176 g/mol. The van der Waals surface area contributed by atoms with Gasteiger partial charge in [-0.15, -0.1) is 0 Å². The predicted molar refractivity (Wildman–Crippen MR) is 50.6 cm³/mol. The van der Waals surface area contributed by atoms with Crippen molar-refractivity contribution in [2.45, 2.75) is 12.8 Å². The average molecular weight is 176 g/mol. The van der Waals surface area contributed by atoms with Gasteiger partial charge in [0.25, 0.3) is 0 Å². The first-order valence-corrected chi connectivity index (χ1v) is 4.46. The SMILES string of the molecule is OCCC1=CCc2ccccc2O1. The fraction of sp³-hybridized carbons (Fsp3) is 0.273. The van der Waals surface area contributed by atoms with Crippen LogP contribution in [0.1, 0.15) is 12.0 Å². The Kier molecular flexibility index (Phi) is 2.32. The van der Waals surface area contributed by atoms with E-state index in [4.69, 9.17) is 9.84 Å². The molecule has 1 N–H and O–H groups in total. The maximum Gasteiger partial charge on any atom is 0.130 e. The number of hydrogen-bond donors (Lipinski definition) is 1. The molecule has 13 heavy (non-hydrogen) atoms. The standard InChI is InChI=1S/C11H12O2/c12-8-7-10-6-5-9-3-1-2-4-11(9)13-10/h1-4,6,12H,5,7-8H2. The molecule has 0 atom stereocenters. The molecule has 0 unspecified atom stereocenters. The number of hydrogen-bond acceptors (Lipinski definition) is 2. The van der Waals surface area contributed by atoms with E-state index in [-0.39, 0.29) is 6.61 Å². The summed E-state index contributed by atoms with van der Waals surface area (Å²) in [6, 6.07) is 7.98. The molecule has 2 nitrogen and oxygen atoms in total. The van der Waals surface area contributed by atoms with Crippen LogP contribution < -0.4 is 4.74 Å². The number of allylic oxidation sites excluding steroid dienone is 1. The van der Waals surface area contributed by atoms with Gasteiger partial charge in [0.1, 0.15) is 11.5 Å². The fourth-order valence-corrected chi connectivity index (χ4v) is 1.44. The van der Waals surface area contributed by atoms with E-state index in [0.717, 1.165) is 17.9 Å². The molecule has 0 aromatic heterocycles. The zero-order valence-electron chi connectivity index (χ0n) is 7.36. The summed E-state index contributed by atoms with van der Waals surface area (Å²) in [6.07, 6.45) is 3.54. The molecule has 1 aromatic rings. The minimum Gasteiger partial charge on any atom is -0.462 e. The molecule has 0 spiro atoms. The summed E-state index contributed by atoms with van der Waals surface area (Å²) in [5.74, 6) is 1.80. The Balaban J connectivity index is 2.18. The van der Waals surface area contributed by atoms with E-state index < -0.39 is 0 Å². The minimum atomic E-state index is 0.147. The van der Waals surface area contributed by atoms with Crippen LogP contribution in [0.15, 0.2) is 36.1 Å². The number of ether oxygens (including phenoxy) is 1. The maximum atomic E-state index is 8.75. The summed E-state index contributed by atoms with van der Waals surface area (Å²) < 4.78 is 5.57. The molecule has 2 heteroatoms. The topological polar surface area (TPSA) is 29.5 Å². The maximum absolute atomic E-state index is 8.75. The third-order valence-electron chi connectivity index (χ3n) is 2.12. The summed E-state index contributed by atoms with van der Waals surface area (Å²) in [5, 5.41) is 8.75. The molecule has 0 amide bonds. The number of fused-ring (bicyclic) bond motifs is 1. The van der Waals surface area contributed by atoms with E-state index in [1.165, 1.54) is 5.56 Å². The summed E-state index contributed by atoms with van der Waals surface area (Å²) >= 11 is 0. The first-order valence-electron chi connectivity index (χ1n) is 4.46. The average Bonchev–Trinajstić information content (AvgIpc) is 2.18. The van der Waals surface area contributed by atoms with Crippen LogP contribution >= 0.6 is 0 Å². The zero-order valence-corrected chi connectivity index (χ0v) is 7.36. The van der Waals surface area contributed by atoms with Gasteiger partial charge in [0.2, 0.25) is 0 Å². The van der Waals surface area contributed by atoms with Crippen molar-refractivity contribution in [2.75, 3.05) is 6.61 Å². The molecule has 2 rings (SSSR count). The smallest absolute Gasteiger partial charge is 0.130 e. The van der Waals surface area contributed by atoms with Crippen LogP contribution in [0.2, 0.25) is 0 Å². The van der Waals surface area contributed by atoms with Crippen LogP contribution in [0.3, 0.4) is 0 Å². The van der Waals surface area contributed by atoms with Crippen LogP contribution in [-0.2, 0) is 6.42 Å². The third-order valence-corrected chi connectivity index (χ3v) is 2.12.